The first-order valence-electron chi connectivity index (χ1n) is 11.4. The van der Waals surface area contributed by atoms with E-state index in [1.165, 1.54) is 0 Å². The maximum atomic E-state index is 10.6. The average molecular weight is 462 g/mol. The lowest BCUT2D eigenvalue weighted by Crippen LogP contribution is -2.41. The van der Waals surface area contributed by atoms with Crippen molar-refractivity contribution in [3.05, 3.63) is 59.3 Å². The molecule has 0 saturated heterocycles. The molecule has 0 radical (unpaired) electrons. The quantitative estimate of drug-likeness (QED) is 0.677. The number of aromatic nitrogens is 1. The van der Waals surface area contributed by atoms with Crippen LogP contribution in [0.4, 0.5) is 0 Å². The molecule has 0 saturated carbocycles. The van der Waals surface area contributed by atoms with Crippen molar-refractivity contribution < 1.29 is 24.4 Å². The third-order valence-corrected chi connectivity index (χ3v) is 5.94. The lowest BCUT2D eigenvalue weighted by Gasteiger charge is -2.37. The van der Waals surface area contributed by atoms with Gasteiger partial charge in [-0.2, -0.15) is 4.99 Å². The van der Waals surface area contributed by atoms with Crippen molar-refractivity contribution in [2.45, 2.75) is 38.8 Å². The molecule has 2 aromatic rings. The number of aliphatic hydroxyl groups is 2. The predicted molar refractivity (Wildman–Crippen MR) is 126 cm³/mol. The molecule has 3 aliphatic heterocycles. The summed E-state index contributed by atoms with van der Waals surface area (Å²) in [6.45, 7) is 5.05. The molecule has 3 aliphatic rings. The van der Waals surface area contributed by atoms with E-state index in [2.05, 4.69) is 21.8 Å². The fourth-order valence-corrected chi connectivity index (χ4v) is 4.01. The van der Waals surface area contributed by atoms with Crippen LogP contribution in [-0.2, 0) is 11.2 Å². The van der Waals surface area contributed by atoms with E-state index >= 15 is 0 Å². The molecule has 8 nitrogen and oxygen atoms in total. The van der Waals surface area contributed by atoms with Crippen LogP contribution >= 0.6 is 0 Å². The first-order valence-corrected chi connectivity index (χ1v) is 11.4. The number of hydrogen-bond acceptors (Lipinski definition) is 8. The second-order valence-electron chi connectivity index (χ2n) is 8.79. The molecule has 8 heteroatoms. The normalized spacial score (nSPS) is 21.4. The molecule has 0 spiro atoms. The molecule has 0 bridgehead atoms. The van der Waals surface area contributed by atoms with Gasteiger partial charge in [-0.25, -0.2) is 4.98 Å². The summed E-state index contributed by atoms with van der Waals surface area (Å²) in [6, 6.07) is 9.57. The number of hydrogen-bond donors (Lipinski definition) is 2. The standard InChI is InChI=1S/C26H27N3O5/c1-16(2)22(30)8-6-17-5-7-20-18(12-17)9-11-29-21(20)13-24(28-26(29)31)32-14-19-15-33-25-23(34-19)4-3-10-27-25/h3-5,7,10,12-13,16,19,22,26,30-31H,9,11,14-15H2,1-2H3. The zero-order chi connectivity index (χ0) is 23.7. The Hall–Kier alpha value is -3.54. The van der Waals surface area contributed by atoms with Crippen molar-refractivity contribution in [3.63, 3.8) is 0 Å². The number of fused-ring (bicyclic) bond motifs is 4. The minimum Gasteiger partial charge on any atom is -0.478 e. The van der Waals surface area contributed by atoms with E-state index in [-0.39, 0.29) is 18.6 Å². The summed E-state index contributed by atoms with van der Waals surface area (Å²) in [5, 5.41) is 20.6. The van der Waals surface area contributed by atoms with Crippen LogP contribution in [0.5, 0.6) is 11.6 Å². The van der Waals surface area contributed by atoms with E-state index in [1.54, 1.807) is 18.3 Å². The fourth-order valence-electron chi connectivity index (χ4n) is 4.01. The maximum absolute atomic E-state index is 10.6. The molecular weight excluding hydrogens is 434 g/mol. The summed E-state index contributed by atoms with van der Waals surface area (Å²) in [4.78, 5) is 10.3. The Balaban J connectivity index is 1.31. The fraction of sp³-hybridized carbons (Fsp3) is 0.385. The van der Waals surface area contributed by atoms with Gasteiger partial charge in [0, 0.05) is 29.9 Å². The van der Waals surface area contributed by atoms with Crippen molar-refractivity contribution in [3.8, 4) is 23.5 Å². The number of pyridine rings is 1. The van der Waals surface area contributed by atoms with Gasteiger partial charge in [-0.05, 0) is 42.2 Å². The van der Waals surface area contributed by atoms with Gasteiger partial charge in [-0.3, -0.25) is 0 Å². The third kappa shape index (κ3) is 4.58. The molecule has 176 valence electrons. The average Bonchev–Trinajstić information content (AvgIpc) is 2.85. The van der Waals surface area contributed by atoms with Gasteiger partial charge in [0.15, 0.2) is 11.9 Å². The molecule has 1 aromatic carbocycles. The number of aliphatic imine (C=N–C) groups is 1. The van der Waals surface area contributed by atoms with Gasteiger partial charge in [0.05, 0.1) is 5.70 Å². The van der Waals surface area contributed by atoms with Crippen molar-refractivity contribution in [1.29, 1.82) is 0 Å². The highest BCUT2D eigenvalue weighted by Gasteiger charge is 2.30. The SMILES string of the molecule is CC(C)C(O)C#Cc1ccc2c(c1)CCN1C2=CC(OCC2COc3ncccc3O2)=NC1O. The second-order valence-corrected chi connectivity index (χ2v) is 8.79. The highest BCUT2D eigenvalue weighted by atomic mass is 16.6. The minimum atomic E-state index is -1.02. The van der Waals surface area contributed by atoms with E-state index in [0.29, 0.717) is 30.7 Å². The van der Waals surface area contributed by atoms with Crippen LogP contribution in [0.3, 0.4) is 0 Å². The maximum Gasteiger partial charge on any atom is 0.257 e. The summed E-state index contributed by atoms with van der Waals surface area (Å²) >= 11 is 0. The topological polar surface area (TPSA) is 96.6 Å². The third-order valence-electron chi connectivity index (χ3n) is 5.94. The Kier molecular flexibility index (Phi) is 6.14. The largest absolute Gasteiger partial charge is 0.478 e. The number of benzene rings is 1. The Bertz CT molecular complexity index is 1200. The summed E-state index contributed by atoms with van der Waals surface area (Å²) in [5.74, 6) is 7.46. The van der Waals surface area contributed by atoms with Crippen molar-refractivity contribution in [1.82, 2.24) is 9.88 Å². The molecule has 2 N–H and O–H groups in total. The highest BCUT2D eigenvalue weighted by Crippen LogP contribution is 2.33. The molecule has 34 heavy (non-hydrogen) atoms. The van der Waals surface area contributed by atoms with Gasteiger partial charge in [-0.1, -0.05) is 31.8 Å². The molecule has 3 unspecified atom stereocenters. The van der Waals surface area contributed by atoms with Crippen molar-refractivity contribution in [2.75, 3.05) is 19.8 Å². The van der Waals surface area contributed by atoms with Crippen LogP contribution in [0.15, 0.2) is 47.6 Å². The Morgan fingerprint density at radius 1 is 1.29 bits per heavy atom. The van der Waals surface area contributed by atoms with Gasteiger partial charge < -0.3 is 29.3 Å². The second kappa shape index (κ2) is 9.37. The molecule has 5 rings (SSSR count). The molecule has 1 aromatic heterocycles. The first-order chi connectivity index (χ1) is 16.5. The zero-order valence-electron chi connectivity index (χ0n) is 19.1. The van der Waals surface area contributed by atoms with E-state index in [0.717, 1.165) is 28.8 Å². The first kappa shape index (κ1) is 22.3. The van der Waals surface area contributed by atoms with Crippen molar-refractivity contribution >= 4 is 11.6 Å². The zero-order valence-corrected chi connectivity index (χ0v) is 19.1. The van der Waals surface area contributed by atoms with Crippen LogP contribution in [0.25, 0.3) is 5.70 Å². The summed E-state index contributed by atoms with van der Waals surface area (Å²) in [6.07, 6.45) is 2.28. The van der Waals surface area contributed by atoms with Crippen molar-refractivity contribution in [2.24, 2.45) is 10.9 Å². The number of rotatable bonds is 3. The number of ether oxygens (including phenoxy) is 3. The van der Waals surface area contributed by atoms with Gasteiger partial charge in [0.25, 0.3) is 5.88 Å². The number of nitrogens with zero attached hydrogens (tertiary/aromatic N) is 3. The lowest BCUT2D eigenvalue weighted by atomic mass is 9.93. The monoisotopic (exact) mass is 461 g/mol. The van der Waals surface area contributed by atoms with Gasteiger partial charge in [0.2, 0.25) is 12.2 Å². The Morgan fingerprint density at radius 2 is 2.18 bits per heavy atom. The summed E-state index contributed by atoms with van der Waals surface area (Å²) in [5.41, 5.74) is 3.86. The highest BCUT2D eigenvalue weighted by molar-refractivity contribution is 5.97. The van der Waals surface area contributed by atoms with E-state index < -0.39 is 12.5 Å². The van der Waals surface area contributed by atoms with Crippen LogP contribution < -0.4 is 9.47 Å². The van der Waals surface area contributed by atoms with Crippen LogP contribution in [0, 0.1) is 17.8 Å². The minimum absolute atomic E-state index is 0.0854. The van der Waals surface area contributed by atoms with Gasteiger partial charge >= 0.3 is 0 Å². The van der Waals surface area contributed by atoms with E-state index in [1.807, 2.05) is 43.0 Å². The van der Waals surface area contributed by atoms with E-state index in [4.69, 9.17) is 14.2 Å². The summed E-state index contributed by atoms with van der Waals surface area (Å²) < 4.78 is 17.4. The Morgan fingerprint density at radius 3 is 3.03 bits per heavy atom. The smallest absolute Gasteiger partial charge is 0.257 e. The van der Waals surface area contributed by atoms with E-state index in [9.17, 15) is 10.2 Å². The van der Waals surface area contributed by atoms with Crippen LogP contribution in [0.1, 0.15) is 30.5 Å². The molecule has 0 amide bonds. The van der Waals surface area contributed by atoms with Gasteiger partial charge in [0.1, 0.15) is 19.3 Å². The predicted octanol–water partition coefficient (Wildman–Crippen LogP) is 2.19. The summed E-state index contributed by atoms with van der Waals surface area (Å²) in [7, 11) is 0. The number of aliphatic hydroxyl groups excluding tert-OH is 2. The molecule has 4 heterocycles. The molecule has 0 fully saturated rings. The lowest BCUT2D eigenvalue weighted by molar-refractivity contribution is 0.0348. The molecule has 0 aliphatic carbocycles. The Labute approximate surface area is 198 Å². The van der Waals surface area contributed by atoms with Gasteiger partial charge in [-0.15, -0.1) is 0 Å². The molecule has 3 atom stereocenters. The van der Waals surface area contributed by atoms with Crippen LogP contribution in [-0.4, -0.2) is 64.3 Å². The van der Waals surface area contributed by atoms with Crippen LogP contribution in [0.2, 0.25) is 0 Å². The molecular formula is C26H27N3O5.